The Balaban J connectivity index is 2.51. The summed E-state index contributed by atoms with van der Waals surface area (Å²) in [7, 11) is 1.51. The minimum absolute atomic E-state index is 0.110. The van der Waals surface area contributed by atoms with Gasteiger partial charge in [0.25, 0.3) is 0 Å². The molecule has 1 amide bonds. The van der Waals surface area contributed by atoms with Crippen molar-refractivity contribution in [3.8, 4) is 0 Å². The van der Waals surface area contributed by atoms with Gasteiger partial charge in [-0.1, -0.05) is 0 Å². The molecule has 1 aromatic heterocycles. The van der Waals surface area contributed by atoms with Gasteiger partial charge in [-0.3, -0.25) is 9.78 Å². The van der Waals surface area contributed by atoms with E-state index in [0.29, 0.717) is 6.54 Å². The van der Waals surface area contributed by atoms with Crippen molar-refractivity contribution < 1.29 is 9.53 Å². The topological polar surface area (TPSA) is 51.2 Å². The summed E-state index contributed by atoms with van der Waals surface area (Å²) < 4.78 is 4.90. The molecular weight excluding hydrogens is 192 g/mol. The van der Waals surface area contributed by atoms with E-state index in [1.807, 2.05) is 13.0 Å². The van der Waals surface area contributed by atoms with Crippen LogP contribution < -0.4 is 5.32 Å². The number of rotatable bonds is 4. The maximum Gasteiger partial charge on any atom is 0.249 e. The molecule has 0 spiro atoms. The van der Waals surface area contributed by atoms with E-state index in [2.05, 4.69) is 10.3 Å². The highest BCUT2D eigenvalue weighted by Crippen LogP contribution is 2.04. The van der Waals surface area contributed by atoms with Gasteiger partial charge >= 0.3 is 0 Å². The monoisotopic (exact) mass is 208 g/mol. The van der Waals surface area contributed by atoms with Crippen LogP contribution in [0.4, 0.5) is 0 Å². The number of aromatic nitrogens is 1. The standard InChI is InChI=1S/C11H16N2O2/c1-8-4-5-12-6-10(8)7-13-11(14)9(2)15-3/h4-6,9H,7H2,1-3H3,(H,13,14). The summed E-state index contributed by atoms with van der Waals surface area (Å²) in [6.45, 7) is 4.19. The molecule has 0 fully saturated rings. The highest BCUT2D eigenvalue weighted by molar-refractivity contribution is 5.80. The zero-order valence-electron chi connectivity index (χ0n) is 9.28. The van der Waals surface area contributed by atoms with E-state index < -0.39 is 6.10 Å². The Kier molecular flexibility index (Phi) is 4.24. The Labute approximate surface area is 89.7 Å². The molecule has 1 heterocycles. The van der Waals surface area contributed by atoms with E-state index in [1.54, 1.807) is 19.3 Å². The Morgan fingerprint density at radius 2 is 2.40 bits per heavy atom. The van der Waals surface area contributed by atoms with Crippen LogP contribution in [0.3, 0.4) is 0 Å². The third kappa shape index (κ3) is 3.32. The minimum atomic E-state index is -0.415. The average Bonchev–Trinajstić information content (AvgIpc) is 2.26. The first kappa shape index (κ1) is 11.7. The van der Waals surface area contributed by atoms with Gasteiger partial charge in [0.15, 0.2) is 0 Å². The number of aryl methyl sites for hydroxylation is 1. The zero-order valence-corrected chi connectivity index (χ0v) is 9.28. The number of hydrogen-bond acceptors (Lipinski definition) is 3. The molecule has 4 nitrogen and oxygen atoms in total. The third-order valence-corrected chi connectivity index (χ3v) is 2.32. The van der Waals surface area contributed by atoms with Crippen molar-refractivity contribution in [2.75, 3.05) is 7.11 Å². The molecule has 0 saturated carbocycles. The summed E-state index contributed by atoms with van der Waals surface area (Å²) in [5, 5.41) is 2.79. The van der Waals surface area contributed by atoms with Crippen LogP contribution in [0.1, 0.15) is 18.1 Å². The lowest BCUT2D eigenvalue weighted by atomic mass is 10.1. The molecule has 0 aliphatic carbocycles. The largest absolute Gasteiger partial charge is 0.372 e. The zero-order chi connectivity index (χ0) is 11.3. The highest BCUT2D eigenvalue weighted by atomic mass is 16.5. The quantitative estimate of drug-likeness (QED) is 0.804. The molecule has 0 radical (unpaired) electrons. The molecule has 0 saturated heterocycles. The van der Waals surface area contributed by atoms with Crippen LogP contribution in [0.25, 0.3) is 0 Å². The van der Waals surface area contributed by atoms with Crippen molar-refractivity contribution in [2.45, 2.75) is 26.5 Å². The molecule has 15 heavy (non-hydrogen) atoms. The molecule has 1 aromatic rings. The second-order valence-corrected chi connectivity index (χ2v) is 3.40. The van der Waals surface area contributed by atoms with Crippen LogP contribution >= 0.6 is 0 Å². The van der Waals surface area contributed by atoms with E-state index in [0.717, 1.165) is 11.1 Å². The van der Waals surface area contributed by atoms with Crippen molar-refractivity contribution >= 4 is 5.91 Å². The number of hydrogen-bond donors (Lipinski definition) is 1. The molecule has 0 aromatic carbocycles. The Bertz CT molecular complexity index is 339. The van der Waals surface area contributed by atoms with Crippen LogP contribution in [0.15, 0.2) is 18.5 Å². The first-order valence-electron chi connectivity index (χ1n) is 4.85. The number of carbonyl (C=O) groups is 1. The van der Waals surface area contributed by atoms with Crippen molar-refractivity contribution in [3.05, 3.63) is 29.6 Å². The third-order valence-electron chi connectivity index (χ3n) is 2.32. The van der Waals surface area contributed by atoms with Crippen LogP contribution in [0.5, 0.6) is 0 Å². The number of pyridine rings is 1. The summed E-state index contributed by atoms with van der Waals surface area (Å²) in [5.41, 5.74) is 2.14. The second kappa shape index (κ2) is 5.46. The van der Waals surface area contributed by atoms with Gasteiger partial charge in [0.05, 0.1) is 0 Å². The summed E-state index contributed by atoms with van der Waals surface area (Å²) in [6, 6.07) is 1.92. The number of nitrogens with one attached hydrogen (secondary N) is 1. The predicted octanol–water partition coefficient (Wildman–Crippen LogP) is 1.04. The summed E-state index contributed by atoms with van der Waals surface area (Å²) in [6.07, 6.45) is 3.08. The fourth-order valence-corrected chi connectivity index (χ4v) is 1.11. The lowest BCUT2D eigenvalue weighted by Crippen LogP contribution is -2.33. The molecule has 0 aliphatic rings. The molecular formula is C11H16N2O2. The second-order valence-electron chi connectivity index (χ2n) is 3.40. The Hall–Kier alpha value is -1.42. The number of amides is 1. The van der Waals surface area contributed by atoms with Crippen LogP contribution in [-0.4, -0.2) is 24.1 Å². The van der Waals surface area contributed by atoms with Gasteiger partial charge in [0.2, 0.25) is 5.91 Å². The molecule has 1 atom stereocenters. The van der Waals surface area contributed by atoms with Crippen LogP contribution in [0.2, 0.25) is 0 Å². The normalized spacial score (nSPS) is 12.2. The van der Waals surface area contributed by atoms with Gasteiger partial charge < -0.3 is 10.1 Å². The minimum Gasteiger partial charge on any atom is -0.372 e. The number of methoxy groups -OCH3 is 1. The maximum atomic E-state index is 11.4. The average molecular weight is 208 g/mol. The molecule has 82 valence electrons. The molecule has 1 unspecified atom stereocenters. The van der Waals surface area contributed by atoms with E-state index in [-0.39, 0.29) is 5.91 Å². The Morgan fingerprint density at radius 1 is 1.67 bits per heavy atom. The number of nitrogens with zero attached hydrogens (tertiary/aromatic N) is 1. The fraction of sp³-hybridized carbons (Fsp3) is 0.455. The highest BCUT2D eigenvalue weighted by Gasteiger charge is 2.10. The van der Waals surface area contributed by atoms with Crippen LogP contribution in [-0.2, 0) is 16.1 Å². The maximum absolute atomic E-state index is 11.4. The van der Waals surface area contributed by atoms with Crippen LogP contribution in [0, 0.1) is 6.92 Å². The van der Waals surface area contributed by atoms with Crippen molar-refractivity contribution in [1.29, 1.82) is 0 Å². The molecule has 1 N–H and O–H groups in total. The first-order valence-corrected chi connectivity index (χ1v) is 4.85. The number of ether oxygens (including phenoxy) is 1. The van der Waals surface area contributed by atoms with Gasteiger partial charge in [0.1, 0.15) is 6.10 Å². The number of carbonyl (C=O) groups excluding carboxylic acids is 1. The predicted molar refractivity (Wildman–Crippen MR) is 57.3 cm³/mol. The first-order chi connectivity index (χ1) is 7.15. The Morgan fingerprint density at radius 3 is 3.00 bits per heavy atom. The molecule has 0 aliphatic heterocycles. The summed E-state index contributed by atoms with van der Waals surface area (Å²) in [5.74, 6) is -0.110. The molecule has 0 bridgehead atoms. The van der Waals surface area contributed by atoms with Gasteiger partial charge in [0, 0.05) is 26.0 Å². The molecule has 4 heteroatoms. The lowest BCUT2D eigenvalue weighted by molar-refractivity contribution is -0.130. The van der Waals surface area contributed by atoms with E-state index >= 15 is 0 Å². The molecule has 1 rings (SSSR count). The SMILES string of the molecule is COC(C)C(=O)NCc1cnccc1C. The van der Waals surface area contributed by atoms with E-state index in [9.17, 15) is 4.79 Å². The van der Waals surface area contributed by atoms with Crippen molar-refractivity contribution in [3.63, 3.8) is 0 Å². The van der Waals surface area contributed by atoms with Gasteiger partial charge in [-0.15, -0.1) is 0 Å². The van der Waals surface area contributed by atoms with E-state index in [4.69, 9.17) is 4.74 Å². The van der Waals surface area contributed by atoms with Gasteiger partial charge in [-0.2, -0.15) is 0 Å². The van der Waals surface area contributed by atoms with Crippen molar-refractivity contribution in [2.24, 2.45) is 0 Å². The fourth-order valence-electron chi connectivity index (χ4n) is 1.11. The smallest absolute Gasteiger partial charge is 0.249 e. The summed E-state index contributed by atoms with van der Waals surface area (Å²) in [4.78, 5) is 15.4. The lowest BCUT2D eigenvalue weighted by Gasteiger charge is -2.11. The summed E-state index contributed by atoms with van der Waals surface area (Å²) >= 11 is 0. The van der Waals surface area contributed by atoms with Gasteiger partial charge in [-0.25, -0.2) is 0 Å². The van der Waals surface area contributed by atoms with E-state index in [1.165, 1.54) is 7.11 Å². The van der Waals surface area contributed by atoms with Gasteiger partial charge in [-0.05, 0) is 31.0 Å². The van der Waals surface area contributed by atoms with Crippen molar-refractivity contribution in [1.82, 2.24) is 10.3 Å².